The molecule has 0 aromatic heterocycles. The van der Waals surface area contributed by atoms with Crippen molar-refractivity contribution in [1.82, 2.24) is 10.2 Å². The molecule has 1 aliphatic rings. The second-order valence-electron chi connectivity index (χ2n) is 5.07. The lowest BCUT2D eigenvalue weighted by atomic mass is 10.1. The molecular formula is C14H18ClN3O2. The average molecular weight is 296 g/mol. The minimum absolute atomic E-state index is 0.0423. The molecule has 0 spiro atoms. The summed E-state index contributed by atoms with van der Waals surface area (Å²) in [4.78, 5) is 25.5. The molecule has 108 valence electrons. The summed E-state index contributed by atoms with van der Waals surface area (Å²) in [5.41, 5.74) is 0.982. The van der Waals surface area contributed by atoms with Crippen molar-refractivity contribution >= 4 is 29.1 Å². The van der Waals surface area contributed by atoms with E-state index in [9.17, 15) is 9.59 Å². The van der Waals surface area contributed by atoms with Crippen molar-refractivity contribution in [2.75, 3.05) is 32.5 Å². The molecule has 1 aromatic rings. The minimum Gasteiger partial charge on any atom is -0.345 e. The third-order valence-electron chi connectivity index (χ3n) is 3.31. The van der Waals surface area contributed by atoms with Crippen LogP contribution in [0.4, 0.5) is 5.69 Å². The molecule has 1 saturated heterocycles. The second kappa shape index (κ2) is 6.24. The molecule has 1 aliphatic heterocycles. The van der Waals surface area contributed by atoms with E-state index in [-0.39, 0.29) is 17.7 Å². The predicted octanol–water partition coefficient (Wildman–Crippen LogP) is 1.59. The van der Waals surface area contributed by atoms with Gasteiger partial charge in [0.05, 0.1) is 16.6 Å². The van der Waals surface area contributed by atoms with Gasteiger partial charge in [-0.15, -0.1) is 0 Å². The van der Waals surface area contributed by atoms with Gasteiger partial charge in [-0.25, -0.2) is 0 Å². The van der Waals surface area contributed by atoms with Crippen molar-refractivity contribution in [2.45, 2.75) is 6.42 Å². The van der Waals surface area contributed by atoms with Crippen molar-refractivity contribution in [2.24, 2.45) is 5.92 Å². The van der Waals surface area contributed by atoms with Crippen LogP contribution in [0.2, 0.25) is 5.02 Å². The van der Waals surface area contributed by atoms with Gasteiger partial charge in [-0.05, 0) is 31.2 Å². The largest absolute Gasteiger partial charge is 0.345 e. The first-order valence-electron chi connectivity index (χ1n) is 6.52. The maximum Gasteiger partial charge on any atom is 0.253 e. The van der Waals surface area contributed by atoms with E-state index in [1.54, 1.807) is 32.3 Å². The highest BCUT2D eigenvalue weighted by molar-refractivity contribution is 6.33. The van der Waals surface area contributed by atoms with Crippen LogP contribution in [0.15, 0.2) is 18.2 Å². The maximum atomic E-state index is 12.1. The van der Waals surface area contributed by atoms with Gasteiger partial charge in [-0.1, -0.05) is 11.6 Å². The predicted molar refractivity (Wildman–Crippen MR) is 79.1 cm³/mol. The number of hydrogen-bond acceptors (Lipinski definition) is 3. The molecule has 1 atom stereocenters. The van der Waals surface area contributed by atoms with Gasteiger partial charge in [0.2, 0.25) is 5.91 Å². The van der Waals surface area contributed by atoms with Gasteiger partial charge in [-0.2, -0.15) is 0 Å². The summed E-state index contributed by atoms with van der Waals surface area (Å²) >= 11 is 6.08. The summed E-state index contributed by atoms with van der Waals surface area (Å²) in [6.07, 6.45) is 0.819. The fraction of sp³-hybridized carbons (Fsp3) is 0.429. The quantitative estimate of drug-likeness (QED) is 0.890. The Bertz CT molecular complexity index is 525. The van der Waals surface area contributed by atoms with Crippen molar-refractivity contribution in [3.05, 3.63) is 28.8 Å². The Kier molecular flexibility index (Phi) is 4.62. The molecule has 0 saturated carbocycles. The van der Waals surface area contributed by atoms with E-state index in [1.165, 1.54) is 4.90 Å². The van der Waals surface area contributed by atoms with Crippen LogP contribution < -0.4 is 10.6 Å². The summed E-state index contributed by atoms with van der Waals surface area (Å²) in [5, 5.41) is 6.38. The second-order valence-corrected chi connectivity index (χ2v) is 5.48. The molecule has 1 fully saturated rings. The fourth-order valence-electron chi connectivity index (χ4n) is 2.13. The first-order valence-corrected chi connectivity index (χ1v) is 6.89. The van der Waals surface area contributed by atoms with Gasteiger partial charge in [0.1, 0.15) is 0 Å². The van der Waals surface area contributed by atoms with Crippen LogP contribution in [-0.4, -0.2) is 43.9 Å². The highest BCUT2D eigenvalue weighted by Gasteiger charge is 2.23. The summed E-state index contributed by atoms with van der Waals surface area (Å²) < 4.78 is 0. The molecule has 1 aromatic carbocycles. The molecule has 2 N–H and O–H groups in total. The molecular weight excluding hydrogens is 278 g/mol. The van der Waals surface area contributed by atoms with Crippen molar-refractivity contribution in [1.29, 1.82) is 0 Å². The summed E-state index contributed by atoms with van der Waals surface area (Å²) in [6.45, 7) is 1.53. The Morgan fingerprint density at radius 1 is 1.40 bits per heavy atom. The van der Waals surface area contributed by atoms with Crippen LogP contribution in [0.1, 0.15) is 16.8 Å². The van der Waals surface area contributed by atoms with Crippen molar-refractivity contribution in [3.8, 4) is 0 Å². The number of carbonyl (C=O) groups excluding carboxylic acids is 2. The first-order chi connectivity index (χ1) is 9.49. The number of amides is 2. The molecule has 1 heterocycles. The molecule has 20 heavy (non-hydrogen) atoms. The standard InChI is InChI=1S/C14H18ClN3O2/c1-18(2)14(20)9-3-4-11(15)12(7-9)17-13(19)10-5-6-16-8-10/h3-4,7,10,16H,5-6,8H2,1-2H3,(H,17,19). The molecule has 1 unspecified atom stereocenters. The van der Waals surface area contributed by atoms with Crippen LogP contribution >= 0.6 is 11.6 Å². The third-order valence-corrected chi connectivity index (χ3v) is 3.64. The zero-order valence-electron chi connectivity index (χ0n) is 11.6. The Balaban J connectivity index is 2.16. The fourth-order valence-corrected chi connectivity index (χ4v) is 2.29. The van der Waals surface area contributed by atoms with E-state index in [2.05, 4.69) is 10.6 Å². The van der Waals surface area contributed by atoms with Crippen molar-refractivity contribution < 1.29 is 9.59 Å². The Hall–Kier alpha value is -1.59. The lowest BCUT2D eigenvalue weighted by Crippen LogP contribution is -2.25. The number of benzene rings is 1. The van der Waals surface area contributed by atoms with Gasteiger partial charge >= 0.3 is 0 Å². The Labute approximate surface area is 123 Å². The number of carbonyl (C=O) groups is 2. The topological polar surface area (TPSA) is 61.4 Å². The van der Waals surface area contributed by atoms with Crippen molar-refractivity contribution in [3.63, 3.8) is 0 Å². The summed E-state index contributed by atoms with van der Waals surface area (Å²) in [7, 11) is 3.36. The lowest BCUT2D eigenvalue weighted by Gasteiger charge is -2.14. The third kappa shape index (κ3) is 3.29. The molecule has 2 amide bonds. The SMILES string of the molecule is CN(C)C(=O)c1ccc(Cl)c(NC(=O)C2CCNC2)c1. The molecule has 0 bridgehead atoms. The zero-order chi connectivity index (χ0) is 14.7. The van der Waals surface area contributed by atoms with Crippen LogP contribution in [0.25, 0.3) is 0 Å². The van der Waals surface area contributed by atoms with Gasteiger partial charge in [-0.3, -0.25) is 9.59 Å². The Morgan fingerprint density at radius 2 is 2.15 bits per heavy atom. The van der Waals surface area contributed by atoms with Gasteiger partial charge in [0.15, 0.2) is 0 Å². The molecule has 0 aliphatic carbocycles. The van der Waals surface area contributed by atoms with E-state index in [4.69, 9.17) is 11.6 Å². The van der Waals surface area contributed by atoms with Crippen LogP contribution in [-0.2, 0) is 4.79 Å². The van der Waals surface area contributed by atoms with E-state index in [0.29, 0.717) is 22.8 Å². The smallest absolute Gasteiger partial charge is 0.253 e. The number of halogens is 1. The highest BCUT2D eigenvalue weighted by atomic mass is 35.5. The zero-order valence-corrected chi connectivity index (χ0v) is 12.3. The highest BCUT2D eigenvalue weighted by Crippen LogP contribution is 2.24. The number of nitrogens with one attached hydrogen (secondary N) is 2. The van der Waals surface area contributed by atoms with Crippen LogP contribution in [0, 0.1) is 5.92 Å². The average Bonchev–Trinajstić information content (AvgIpc) is 2.94. The van der Waals surface area contributed by atoms with E-state index >= 15 is 0 Å². The Morgan fingerprint density at radius 3 is 2.75 bits per heavy atom. The van der Waals surface area contributed by atoms with Gasteiger partial charge in [0, 0.05) is 26.2 Å². The van der Waals surface area contributed by atoms with Gasteiger partial charge in [0.25, 0.3) is 5.91 Å². The molecule has 5 nitrogen and oxygen atoms in total. The minimum atomic E-state index is -0.125. The number of hydrogen-bond donors (Lipinski definition) is 2. The molecule has 0 radical (unpaired) electrons. The number of nitrogens with zero attached hydrogens (tertiary/aromatic N) is 1. The van der Waals surface area contributed by atoms with Gasteiger partial charge < -0.3 is 15.5 Å². The van der Waals surface area contributed by atoms with Crippen LogP contribution in [0.3, 0.4) is 0 Å². The van der Waals surface area contributed by atoms with E-state index < -0.39 is 0 Å². The molecule has 2 rings (SSSR count). The normalized spacial score (nSPS) is 17.9. The number of anilines is 1. The van der Waals surface area contributed by atoms with E-state index in [1.807, 2.05) is 0 Å². The monoisotopic (exact) mass is 295 g/mol. The van der Waals surface area contributed by atoms with E-state index in [0.717, 1.165) is 13.0 Å². The number of rotatable bonds is 3. The first kappa shape index (κ1) is 14.8. The molecule has 6 heteroatoms. The maximum absolute atomic E-state index is 12.1. The summed E-state index contributed by atoms with van der Waals surface area (Å²) in [6, 6.07) is 4.89. The lowest BCUT2D eigenvalue weighted by molar-refractivity contribution is -0.119. The van der Waals surface area contributed by atoms with Crippen LogP contribution in [0.5, 0.6) is 0 Å². The summed E-state index contributed by atoms with van der Waals surface area (Å²) in [5.74, 6) is -0.231.